The summed E-state index contributed by atoms with van der Waals surface area (Å²) in [5.74, 6) is -0.804. The average molecular weight is 342 g/mol. The van der Waals surface area contributed by atoms with Gasteiger partial charge in [0.05, 0.1) is 17.8 Å². The molecule has 0 saturated carbocycles. The largest absolute Gasteiger partial charge is 0.420 e. The average Bonchev–Trinajstić information content (AvgIpc) is 3.21. The quantitative estimate of drug-likeness (QED) is 0.614. The topological polar surface area (TPSA) is 81.5 Å². The number of carbonyl (C=O) groups is 1. The first kappa shape index (κ1) is 14.7. The molecule has 122 valence electrons. The third-order valence-corrected chi connectivity index (χ3v) is 4.74. The Morgan fingerprint density at radius 3 is 3.04 bits per heavy atom. The molecule has 0 radical (unpaired) electrons. The van der Waals surface area contributed by atoms with Gasteiger partial charge in [-0.25, -0.2) is 9.78 Å². The molecule has 8 heteroatoms. The lowest BCUT2D eigenvalue weighted by Crippen LogP contribution is -2.30. The highest BCUT2D eigenvalue weighted by molar-refractivity contribution is 7.15. The molecular weight excluding hydrogens is 328 g/mol. The number of thiazole rings is 1. The second-order valence-corrected chi connectivity index (χ2v) is 6.30. The third-order valence-electron chi connectivity index (χ3n) is 3.78. The van der Waals surface area contributed by atoms with Crippen LogP contribution in [0.5, 0.6) is 0 Å². The number of nitrogens with one attached hydrogen (secondary N) is 1. The predicted octanol–water partition coefficient (Wildman–Crippen LogP) is 1.93. The van der Waals surface area contributed by atoms with Crippen molar-refractivity contribution < 1.29 is 9.21 Å². The molecule has 0 atom stereocenters. The zero-order chi connectivity index (χ0) is 16.7. The molecule has 0 aliphatic heterocycles. The van der Waals surface area contributed by atoms with Crippen molar-refractivity contribution in [3.8, 4) is 0 Å². The fraction of sp³-hybridized carbons (Fsp3) is 0.188. The van der Waals surface area contributed by atoms with Crippen molar-refractivity contribution in [2.45, 2.75) is 20.0 Å². The number of para-hydroxylation sites is 2. The van der Waals surface area contributed by atoms with Gasteiger partial charge in [-0.2, -0.15) is 0 Å². The van der Waals surface area contributed by atoms with Gasteiger partial charge in [0.25, 0.3) is 0 Å². The van der Waals surface area contributed by atoms with E-state index in [-0.39, 0.29) is 12.5 Å². The maximum absolute atomic E-state index is 12.2. The van der Waals surface area contributed by atoms with E-state index >= 15 is 0 Å². The van der Waals surface area contributed by atoms with Gasteiger partial charge in [0.2, 0.25) is 5.91 Å². The zero-order valence-electron chi connectivity index (χ0n) is 12.9. The highest BCUT2D eigenvalue weighted by Gasteiger charge is 2.13. The third kappa shape index (κ3) is 2.50. The smallest absolute Gasteiger partial charge is 0.408 e. The number of benzene rings is 1. The molecule has 1 N–H and O–H groups in total. The van der Waals surface area contributed by atoms with Crippen LogP contribution in [0.2, 0.25) is 0 Å². The summed E-state index contributed by atoms with van der Waals surface area (Å²) in [6.45, 7) is 2.23. The van der Waals surface area contributed by atoms with E-state index in [1.807, 2.05) is 22.9 Å². The van der Waals surface area contributed by atoms with Crippen LogP contribution in [0.15, 0.2) is 45.1 Å². The molecule has 1 aromatic carbocycles. The van der Waals surface area contributed by atoms with Gasteiger partial charge in [-0.3, -0.25) is 13.8 Å². The van der Waals surface area contributed by atoms with Gasteiger partial charge in [-0.15, -0.1) is 11.3 Å². The Labute approximate surface area is 140 Å². The Kier molecular flexibility index (Phi) is 3.46. The SMILES string of the molecule is Cc1csc2nc(CNC(=O)Cn3c(=O)oc4ccccc43)cn12. The Morgan fingerprint density at radius 2 is 2.21 bits per heavy atom. The molecule has 4 aromatic rings. The number of carbonyl (C=O) groups excluding carboxylic acids is 1. The Balaban J connectivity index is 1.48. The van der Waals surface area contributed by atoms with Gasteiger partial charge in [0, 0.05) is 17.3 Å². The number of imidazole rings is 1. The summed E-state index contributed by atoms with van der Waals surface area (Å²) < 4.78 is 8.42. The number of aromatic nitrogens is 3. The van der Waals surface area contributed by atoms with E-state index in [2.05, 4.69) is 10.3 Å². The summed E-state index contributed by atoms with van der Waals surface area (Å²) in [5, 5.41) is 4.82. The molecule has 7 nitrogen and oxygen atoms in total. The minimum atomic E-state index is -0.538. The lowest BCUT2D eigenvalue weighted by Gasteiger charge is -2.04. The lowest BCUT2D eigenvalue weighted by atomic mass is 10.3. The number of nitrogens with zero attached hydrogens (tertiary/aromatic N) is 3. The molecule has 0 bridgehead atoms. The normalized spacial score (nSPS) is 11.4. The molecule has 0 fully saturated rings. The number of amides is 1. The van der Waals surface area contributed by atoms with Crippen LogP contribution in [0.3, 0.4) is 0 Å². The van der Waals surface area contributed by atoms with Crippen LogP contribution in [0.25, 0.3) is 16.1 Å². The van der Waals surface area contributed by atoms with E-state index in [0.717, 1.165) is 16.3 Å². The number of aryl methyl sites for hydroxylation is 1. The maximum atomic E-state index is 12.2. The fourth-order valence-electron chi connectivity index (χ4n) is 2.58. The predicted molar refractivity (Wildman–Crippen MR) is 90.1 cm³/mol. The van der Waals surface area contributed by atoms with Crippen molar-refractivity contribution in [2.24, 2.45) is 0 Å². The molecule has 3 aromatic heterocycles. The molecule has 0 saturated heterocycles. The summed E-state index contributed by atoms with van der Waals surface area (Å²) in [5.41, 5.74) is 2.97. The molecule has 0 unspecified atom stereocenters. The Hall–Kier alpha value is -2.87. The van der Waals surface area contributed by atoms with E-state index in [9.17, 15) is 9.59 Å². The number of hydrogen-bond donors (Lipinski definition) is 1. The first-order valence-electron chi connectivity index (χ1n) is 7.39. The highest BCUT2D eigenvalue weighted by atomic mass is 32.1. The number of rotatable bonds is 4. The lowest BCUT2D eigenvalue weighted by molar-refractivity contribution is -0.121. The van der Waals surface area contributed by atoms with Gasteiger partial charge in [0.1, 0.15) is 6.54 Å². The summed E-state index contributed by atoms with van der Waals surface area (Å²) in [4.78, 5) is 29.4. The van der Waals surface area contributed by atoms with Crippen LogP contribution < -0.4 is 11.1 Å². The monoisotopic (exact) mass is 342 g/mol. The molecular formula is C16H14N4O3S. The molecule has 3 heterocycles. The van der Waals surface area contributed by atoms with Gasteiger partial charge in [-0.05, 0) is 19.1 Å². The van der Waals surface area contributed by atoms with Crippen LogP contribution in [-0.4, -0.2) is 19.9 Å². The first-order valence-corrected chi connectivity index (χ1v) is 8.27. The molecule has 4 rings (SSSR count). The van der Waals surface area contributed by atoms with Crippen molar-refractivity contribution in [1.82, 2.24) is 19.3 Å². The molecule has 0 aliphatic rings. The van der Waals surface area contributed by atoms with Crippen LogP contribution in [0.1, 0.15) is 11.4 Å². The van der Waals surface area contributed by atoms with Gasteiger partial charge in [0.15, 0.2) is 10.5 Å². The zero-order valence-corrected chi connectivity index (χ0v) is 13.7. The standard InChI is InChI=1S/C16H14N4O3S/c1-10-9-24-15-18-11(7-19(10)15)6-17-14(21)8-20-12-4-2-3-5-13(12)23-16(20)22/h2-5,7,9H,6,8H2,1H3,(H,17,21). The highest BCUT2D eigenvalue weighted by Crippen LogP contribution is 2.15. The summed E-state index contributed by atoms with van der Waals surface area (Å²) in [7, 11) is 0. The van der Waals surface area contributed by atoms with Gasteiger partial charge in [-0.1, -0.05) is 12.1 Å². The maximum Gasteiger partial charge on any atom is 0.420 e. The molecule has 0 spiro atoms. The molecule has 24 heavy (non-hydrogen) atoms. The van der Waals surface area contributed by atoms with Crippen LogP contribution in [0.4, 0.5) is 0 Å². The summed E-state index contributed by atoms with van der Waals surface area (Å²) in [6, 6.07) is 7.03. The summed E-state index contributed by atoms with van der Waals surface area (Å²) in [6.07, 6.45) is 1.90. The second-order valence-electron chi connectivity index (χ2n) is 5.46. The minimum absolute atomic E-state index is 0.0862. The van der Waals surface area contributed by atoms with Gasteiger partial charge < -0.3 is 9.73 Å². The van der Waals surface area contributed by atoms with E-state index in [0.29, 0.717) is 17.6 Å². The van der Waals surface area contributed by atoms with E-state index < -0.39 is 5.76 Å². The van der Waals surface area contributed by atoms with Crippen molar-refractivity contribution in [3.05, 3.63) is 57.8 Å². The van der Waals surface area contributed by atoms with E-state index in [1.54, 1.807) is 35.6 Å². The second kappa shape index (κ2) is 5.64. The number of oxazole rings is 1. The van der Waals surface area contributed by atoms with Crippen LogP contribution >= 0.6 is 11.3 Å². The number of fused-ring (bicyclic) bond motifs is 2. The molecule has 0 aliphatic carbocycles. The Bertz CT molecular complexity index is 1100. The van der Waals surface area contributed by atoms with E-state index in [4.69, 9.17) is 4.42 Å². The van der Waals surface area contributed by atoms with Gasteiger partial charge >= 0.3 is 5.76 Å². The van der Waals surface area contributed by atoms with Crippen LogP contribution in [0, 0.1) is 6.92 Å². The minimum Gasteiger partial charge on any atom is -0.408 e. The van der Waals surface area contributed by atoms with Crippen molar-refractivity contribution >= 4 is 33.3 Å². The summed E-state index contributed by atoms with van der Waals surface area (Å²) >= 11 is 1.56. The fourth-order valence-corrected chi connectivity index (χ4v) is 3.45. The van der Waals surface area contributed by atoms with Crippen molar-refractivity contribution in [1.29, 1.82) is 0 Å². The van der Waals surface area contributed by atoms with E-state index in [1.165, 1.54) is 4.57 Å². The van der Waals surface area contributed by atoms with Crippen LogP contribution in [-0.2, 0) is 17.9 Å². The van der Waals surface area contributed by atoms with Crippen molar-refractivity contribution in [3.63, 3.8) is 0 Å². The number of hydrogen-bond acceptors (Lipinski definition) is 5. The Morgan fingerprint density at radius 1 is 1.38 bits per heavy atom. The molecule has 1 amide bonds. The van der Waals surface area contributed by atoms with Crippen molar-refractivity contribution in [2.75, 3.05) is 0 Å². The first-order chi connectivity index (χ1) is 11.6.